The van der Waals surface area contributed by atoms with Crippen LogP contribution in [0.25, 0.3) is 10.9 Å². The first-order valence-corrected chi connectivity index (χ1v) is 9.00. The predicted octanol–water partition coefficient (Wildman–Crippen LogP) is 3.46. The maximum Gasteiger partial charge on any atom is 0.193 e. The summed E-state index contributed by atoms with van der Waals surface area (Å²) in [5.41, 5.74) is 10.7. The summed E-state index contributed by atoms with van der Waals surface area (Å²) in [4.78, 5) is 16.2. The number of hydrogen-bond acceptors (Lipinski definition) is 3. The molecule has 0 spiro atoms. The molecule has 0 bridgehead atoms. The Hall–Kier alpha value is -2.50. The third-order valence-corrected chi connectivity index (χ3v) is 5.16. The zero-order chi connectivity index (χ0) is 18.3. The second kappa shape index (κ2) is 6.67. The van der Waals surface area contributed by atoms with Gasteiger partial charge in [-0.1, -0.05) is 6.92 Å². The zero-order valence-electron chi connectivity index (χ0n) is 14.7. The molecule has 26 heavy (non-hydrogen) atoms. The lowest BCUT2D eigenvalue weighted by molar-refractivity contribution is 0.103. The largest absolute Gasteiger partial charge is 0.357 e. The highest BCUT2D eigenvalue weighted by Crippen LogP contribution is 2.34. The number of benzene rings is 2. The number of carbonyl (C=O) groups excluding carboxylic acids is 1. The van der Waals surface area contributed by atoms with Gasteiger partial charge in [0.05, 0.1) is 0 Å². The minimum atomic E-state index is -0.347. The van der Waals surface area contributed by atoms with Crippen molar-refractivity contribution in [3.8, 4) is 0 Å². The smallest absolute Gasteiger partial charge is 0.193 e. The van der Waals surface area contributed by atoms with Crippen molar-refractivity contribution in [2.75, 3.05) is 6.54 Å². The molecule has 1 heterocycles. The molecule has 0 saturated heterocycles. The van der Waals surface area contributed by atoms with E-state index in [-0.39, 0.29) is 17.6 Å². The Morgan fingerprint density at radius 1 is 1.23 bits per heavy atom. The fourth-order valence-corrected chi connectivity index (χ4v) is 3.91. The molecular weight excluding hydrogens is 329 g/mol. The first-order chi connectivity index (χ1) is 12.6. The average molecular weight is 351 g/mol. The molecule has 4 nitrogen and oxygen atoms in total. The molecule has 1 aliphatic carbocycles. The molecule has 4 N–H and O–H groups in total. The zero-order valence-corrected chi connectivity index (χ0v) is 14.7. The summed E-state index contributed by atoms with van der Waals surface area (Å²) in [6, 6.07) is 11.6. The second-order valence-corrected chi connectivity index (χ2v) is 6.91. The summed E-state index contributed by atoms with van der Waals surface area (Å²) in [6.07, 6.45) is 1.79. The summed E-state index contributed by atoms with van der Waals surface area (Å²) in [6.45, 7) is 3.00. The predicted molar refractivity (Wildman–Crippen MR) is 101 cm³/mol. The maximum absolute atomic E-state index is 13.1. The van der Waals surface area contributed by atoms with Crippen molar-refractivity contribution in [1.29, 1.82) is 0 Å². The van der Waals surface area contributed by atoms with Gasteiger partial charge in [-0.2, -0.15) is 0 Å². The van der Waals surface area contributed by atoms with Crippen LogP contribution < -0.4 is 11.1 Å². The van der Waals surface area contributed by atoms with E-state index in [0.717, 1.165) is 36.0 Å². The maximum atomic E-state index is 13.1. The van der Waals surface area contributed by atoms with Crippen LogP contribution in [0, 0.1) is 5.82 Å². The first kappa shape index (κ1) is 16.9. The lowest BCUT2D eigenvalue weighted by Gasteiger charge is -2.27. The normalized spacial score (nSPS) is 19.5. The van der Waals surface area contributed by atoms with Crippen LogP contribution in [0.15, 0.2) is 42.5 Å². The van der Waals surface area contributed by atoms with E-state index in [1.807, 2.05) is 18.2 Å². The molecular formula is C21H22FN3O. The topological polar surface area (TPSA) is 70.9 Å². The molecule has 0 fully saturated rings. The van der Waals surface area contributed by atoms with E-state index in [2.05, 4.69) is 17.2 Å². The Labute approximate surface area is 151 Å². The Bertz CT molecular complexity index is 961. The highest BCUT2D eigenvalue weighted by Gasteiger charge is 2.27. The molecule has 2 unspecified atom stereocenters. The number of nitrogens with one attached hydrogen (secondary N) is 2. The van der Waals surface area contributed by atoms with Crippen LogP contribution in [0.3, 0.4) is 0 Å². The Morgan fingerprint density at radius 3 is 2.69 bits per heavy atom. The number of carbonyl (C=O) groups is 1. The summed E-state index contributed by atoms with van der Waals surface area (Å²) in [5.74, 6) is -0.453. The van der Waals surface area contributed by atoms with Crippen molar-refractivity contribution in [3.63, 3.8) is 0 Å². The fraction of sp³-hybridized carbons (Fsp3) is 0.286. The van der Waals surface area contributed by atoms with Crippen LogP contribution in [0.2, 0.25) is 0 Å². The molecule has 0 radical (unpaired) electrons. The summed E-state index contributed by atoms with van der Waals surface area (Å²) < 4.78 is 13.1. The second-order valence-electron chi connectivity index (χ2n) is 6.91. The van der Waals surface area contributed by atoms with E-state index in [0.29, 0.717) is 17.2 Å². The van der Waals surface area contributed by atoms with Crippen molar-refractivity contribution in [2.45, 2.75) is 31.8 Å². The van der Waals surface area contributed by atoms with E-state index in [4.69, 9.17) is 5.73 Å². The number of nitrogens with two attached hydrogens (primary N) is 1. The van der Waals surface area contributed by atoms with E-state index >= 15 is 0 Å². The summed E-state index contributed by atoms with van der Waals surface area (Å²) in [5, 5.41) is 4.53. The molecule has 5 heteroatoms. The molecule has 2 atom stereocenters. The molecule has 0 amide bonds. The van der Waals surface area contributed by atoms with E-state index < -0.39 is 0 Å². The fourth-order valence-electron chi connectivity index (χ4n) is 3.91. The number of fused-ring (bicyclic) bond motifs is 3. The molecule has 134 valence electrons. The van der Waals surface area contributed by atoms with Crippen molar-refractivity contribution in [1.82, 2.24) is 10.3 Å². The van der Waals surface area contributed by atoms with Crippen molar-refractivity contribution in [3.05, 3.63) is 70.7 Å². The van der Waals surface area contributed by atoms with Crippen molar-refractivity contribution in [2.24, 2.45) is 5.73 Å². The van der Waals surface area contributed by atoms with Crippen LogP contribution >= 0.6 is 0 Å². The van der Waals surface area contributed by atoms with Crippen LogP contribution in [-0.2, 0) is 6.42 Å². The van der Waals surface area contributed by atoms with E-state index in [1.165, 1.54) is 29.8 Å². The van der Waals surface area contributed by atoms with Crippen LogP contribution in [0.5, 0.6) is 0 Å². The van der Waals surface area contributed by atoms with Gasteiger partial charge in [0, 0.05) is 39.8 Å². The quantitative estimate of drug-likeness (QED) is 0.631. The number of H-pyrrole nitrogens is 1. The number of hydrogen-bond donors (Lipinski definition) is 3. The summed E-state index contributed by atoms with van der Waals surface area (Å²) >= 11 is 0. The molecule has 0 saturated carbocycles. The van der Waals surface area contributed by atoms with Crippen LogP contribution in [-0.4, -0.2) is 23.4 Å². The first-order valence-electron chi connectivity index (χ1n) is 9.00. The van der Waals surface area contributed by atoms with Gasteiger partial charge in [-0.3, -0.25) is 4.79 Å². The standard InChI is InChI=1S/C21H22FN3O/c1-2-24-15-10-17-16-9-13(21(26)12-3-6-14(22)7-4-12)5-8-19(16)25-20(17)18(23)11-15/h3-9,15,18,24-25H,2,10-11,23H2,1H3. The van der Waals surface area contributed by atoms with Gasteiger partial charge < -0.3 is 16.0 Å². The number of aromatic amines is 1. The number of ketones is 1. The van der Waals surface area contributed by atoms with Gasteiger partial charge in [0.25, 0.3) is 0 Å². The highest BCUT2D eigenvalue weighted by molar-refractivity contribution is 6.10. The Kier molecular flexibility index (Phi) is 4.34. The monoisotopic (exact) mass is 351 g/mol. The average Bonchev–Trinajstić information content (AvgIpc) is 3.01. The third kappa shape index (κ3) is 2.93. The van der Waals surface area contributed by atoms with Crippen molar-refractivity contribution < 1.29 is 9.18 Å². The molecule has 3 aromatic rings. The SMILES string of the molecule is CCNC1Cc2c([nH]c3ccc(C(=O)c4ccc(F)cc4)cc23)C(N)C1. The van der Waals surface area contributed by atoms with Crippen molar-refractivity contribution >= 4 is 16.7 Å². The van der Waals surface area contributed by atoms with E-state index in [1.54, 1.807) is 0 Å². The number of aromatic nitrogens is 1. The molecule has 0 aliphatic heterocycles. The van der Waals surface area contributed by atoms with Gasteiger partial charge in [-0.15, -0.1) is 0 Å². The van der Waals surface area contributed by atoms with Gasteiger partial charge in [0.1, 0.15) is 5.82 Å². The summed E-state index contributed by atoms with van der Waals surface area (Å²) in [7, 11) is 0. The van der Waals surface area contributed by atoms with Crippen LogP contribution in [0.1, 0.15) is 46.6 Å². The van der Waals surface area contributed by atoms with Gasteiger partial charge in [-0.25, -0.2) is 4.39 Å². The molecule has 1 aliphatic rings. The Balaban J connectivity index is 1.74. The lowest BCUT2D eigenvalue weighted by atomic mass is 9.88. The molecule has 1 aromatic heterocycles. The number of rotatable bonds is 4. The number of likely N-dealkylation sites (N-methyl/N-ethyl adjacent to an activating group) is 1. The number of halogens is 1. The highest BCUT2D eigenvalue weighted by atomic mass is 19.1. The van der Waals surface area contributed by atoms with E-state index in [9.17, 15) is 9.18 Å². The molecule has 4 rings (SSSR count). The Morgan fingerprint density at radius 2 is 1.96 bits per heavy atom. The lowest BCUT2D eigenvalue weighted by Crippen LogP contribution is -2.37. The molecule has 2 aromatic carbocycles. The minimum Gasteiger partial charge on any atom is -0.357 e. The van der Waals surface area contributed by atoms with Gasteiger partial charge >= 0.3 is 0 Å². The third-order valence-electron chi connectivity index (χ3n) is 5.16. The van der Waals surface area contributed by atoms with Crippen LogP contribution in [0.4, 0.5) is 4.39 Å². The van der Waals surface area contributed by atoms with Gasteiger partial charge in [-0.05, 0) is 67.4 Å². The minimum absolute atomic E-state index is 0.0357. The van der Waals surface area contributed by atoms with Gasteiger partial charge in [0.2, 0.25) is 0 Å². The van der Waals surface area contributed by atoms with Gasteiger partial charge in [0.15, 0.2) is 5.78 Å².